The Bertz CT molecular complexity index is 313. The largest absolute Gasteiger partial charge is 0.399 e. The highest BCUT2D eigenvalue weighted by molar-refractivity contribution is 6.01. The molecule has 0 radical (unpaired) electrons. The second-order valence-electron chi connectivity index (χ2n) is 4.41. The molecule has 1 aliphatic carbocycles. The van der Waals surface area contributed by atoms with Crippen LogP contribution in [0, 0.1) is 11.3 Å². The van der Waals surface area contributed by atoms with Crippen molar-refractivity contribution in [3.05, 3.63) is 11.6 Å². The van der Waals surface area contributed by atoms with E-state index in [1.54, 1.807) is 7.11 Å². The molecule has 0 saturated heterocycles. The predicted molar refractivity (Wildman–Crippen MR) is 69.7 cm³/mol. The minimum absolute atomic E-state index is 0.704. The van der Waals surface area contributed by atoms with Gasteiger partial charge in [-0.1, -0.05) is 30.5 Å². The van der Waals surface area contributed by atoms with Gasteiger partial charge in [0, 0.05) is 6.42 Å². The van der Waals surface area contributed by atoms with Gasteiger partial charge in [0.25, 0.3) is 0 Å². The van der Waals surface area contributed by atoms with Crippen molar-refractivity contribution >= 4 is 5.71 Å². The molecule has 3 heteroatoms. The van der Waals surface area contributed by atoms with Gasteiger partial charge in [0.1, 0.15) is 7.11 Å². The molecule has 0 heterocycles. The van der Waals surface area contributed by atoms with Gasteiger partial charge in [-0.05, 0) is 37.7 Å². The van der Waals surface area contributed by atoms with Crippen LogP contribution >= 0.6 is 0 Å². The van der Waals surface area contributed by atoms with Crippen molar-refractivity contribution < 1.29 is 4.84 Å². The molecule has 0 spiro atoms. The van der Waals surface area contributed by atoms with E-state index in [0.717, 1.165) is 31.4 Å². The van der Waals surface area contributed by atoms with Gasteiger partial charge in [-0.3, -0.25) is 0 Å². The summed E-state index contributed by atoms with van der Waals surface area (Å²) < 4.78 is 0. The lowest BCUT2D eigenvalue weighted by atomic mass is 10.0. The van der Waals surface area contributed by atoms with Crippen LogP contribution in [0.15, 0.2) is 16.8 Å². The molecular weight excluding hydrogens is 212 g/mol. The predicted octanol–water partition coefficient (Wildman–Crippen LogP) is 3.96. The van der Waals surface area contributed by atoms with Crippen LogP contribution in [-0.2, 0) is 4.84 Å². The quantitative estimate of drug-likeness (QED) is 0.471. The molecule has 1 aliphatic rings. The van der Waals surface area contributed by atoms with Gasteiger partial charge in [0.2, 0.25) is 0 Å². The number of oxime groups is 1. The third kappa shape index (κ3) is 5.53. The molecule has 94 valence electrons. The summed E-state index contributed by atoms with van der Waals surface area (Å²) in [6.07, 6.45) is 12.2. The molecule has 0 aliphatic heterocycles. The average Bonchev–Trinajstić information content (AvgIpc) is 2.76. The summed E-state index contributed by atoms with van der Waals surface area (Å²) in [6, 6.07) is 2.18. The topological polar surface area (TPSA) is 45.4 Å². The Hall–Kier alpha value is -1.30. The Morgan fingerprint density at radius 1 is 1.29 bits per heavy atom. The van der Waals surface area contributed by atoms with Crippen molar-refractivity contribution in [2.24, 2.45) is 5.16 Å². The number of allylic oxidation sites excluding steroid dienone is 2. The minimum atomic E-state index is 0.704. The third-order valence-electron chi connectivity index (χ3n) is 3.08. The first-order chi connectivity index (χ1) is 8.38. The summed E-state index contributed by atoms with van der Waals surface area (Å²) in [4.78, 5) is 4.84. The van der Waals surface area contributed by atoms with Crippen LogP contribution in [0.25, 0.3) is 0 Å². The molecule has 0 bridgehead atoms. The van der Waals surface area contributed by atoms with Crippen molar-refractivity contribution in [1.29, 1.82) is 5.26 Å². The lowest BCUT2D eigenvalue weighted by Crippen LogP contribution is -1.98. The first kappa shape index (κ1) is 13.8. The zero-order valence-electron chi connectivity index (χ0n) is 10.7. The van der Waals surface area contributed by atoms with Gasteiger partial charge in [-0.2, -0.15) is 5.26 Å². The first-order valence-electron chi connectivity index (χ1n) is 6.55. The molecule has 0 N–H and O–H groups in total. The number of nitriles is 1. The van der Waals surface area contributed by atoms with E-state index in [-0.39, 0.29) is 0 Å². The molecule has 0 atom stereocenters. The zero-order valence-corrected chi connectivity index (χ0v) is 10.7. The fourth-order valence-corrected chi connectivity index (χ4v) is 2.17. The summed E-state index contributed by atoms with van der Waals surface area (Å²) in [5.41, 5.74) is 2.51. The van der Waals surface area contributed by atoms with E-state index in [0.29, 0.717) is 6.42 Å². The van der Waals surface area contributed by atoms with Crippen LogP contribution in [0.5, 0.6) is 0 Å². The summed E-state index contributed by atoms with van der Waals surface area (Å²) in [7, 11) is 1.61. The normalized spacial score (nSPS) is 16.9. The molecule has 0 saturated carbocycles. The number of hydrogen-bond acceptors (Lipinski definition) is 3. The summed E-state index contributed by atoms with van der Waals surface area (Å²) in [5, 5.41) is 12.5. The highest BCUT2D eigenvalue weighted by atomic mass is 16.6. The Kier molecular flexibility index (Phi) is 7.13. The van der Waals surface area contributed by atoms with Crippen LogP contribution in [0.3, 0.4) is 0 Å². The van der Waals surface area contributed by atoms with Crippen LogP contribution < -0.4 is 0 Å². The fraction of sp³-hybridized carbons (Fsp3) is 0.714. The lowest BCUT2D eigenvalue weighted by Gasteiger charge is -2.04. The van der Waals surface area contributed by atoms with E-state index >= 15 is 0 Å². The molecule has 0 unspecified atom stereocenters. The van der Waals surface area contributed by atoms with E-state index in [2.05, 4.69) is 17.3 Å². The molecular formula is C14H22N2O. The Morgan fingerprint density at radius 3 is 2.82 bits per heavy atom. The molecule has 3 nitrogen and oxygen atoms in total. The van der Waals surface area contributed by atoms with Crippen LogP contribution in [0.1, 0.15) is 57.8 Å². The minimum Gasteiger partial charge on any atom is -0.399 e. The standard InChI is InChI=1S/C14H22N2O/c1-17-16-14-11-8-10-13(14)9-6-4-2-3-5-7-12-15/h10H,2-9,11H2,1H3. The third-order valence-corrected chi connectivity index (χ3v) is 3.08. The molecule has 17 heavy (non-hydrogen) atoms. The lowest BCUT2D eigenvalue weighted by molar-refractivity contribution is 0.213. The SMILES string of the molecule is CON=C1CCC=C1CCCCCCCC#N. The maximum absolute atomic E-state index is 8.41. The van der Waals surface area contributed by atoms with Crippen molar-refractivity contribution in [2.45, 2.75) is 57.8 Å². The van der Waals surface area contributed by atoms with Crippen molar-refractivity contribution in [3.8, 4) is 6.07 Å². The molecule has 0 amide bonds. The van der Waals surface area contributed by atoms with Gasteiger partial charge >= 0.3 is 0 Å². The highest BCUT2D eigenvalue weighted by Crippen LogP contribution is 2.21. The monoisotopic (exact) mass is 234 g/mol. The smallest absolute Gasteiger partial charge is 0.106 e. The molecule has 0 aromatic rings. The fourth-order valence-electron chi connectivity index (χ4n) is 2.17. The number of rotatable bonds is 8. The maximum Gasteiger partial charge on any atom is 0.106 e. The molecule has 1 rings (SSSR count). The van der Waals surface area contributed by atoms with Crippen LogP contribution in [0.2, 0.25) is 0 Å². The molecule has 0 fully saturated rings. The molecule has 0 aromatic heterocycles. The molecule has 0 aromatic carbocycles. The van der Waals surface area contributed by atoms with Crippen LogP contribution in [-0.4, -0.2) is 12.8 Å². The maximum atomic E-state index is 8.41. The van der Waals surface area contributed by atoms with Gasteiger partial charge in [-0.25, -0.2) is 0 Å². The van der Waals surface area contributed by atoms with E-state index in [9.17, 15) is 0 Å². The van der Waals surface area contributed by atoms with E-state index in [4.69, 9.17) is 10.1 Å². The summed E-state index contributed by atoms with van der Waals surface area (Å²) >= 11 is 0. The van der Waals surface area contributed by atoms with Gasteiger partial charge in [0.05, 0.1) is 11.8 Å². The Balaban J connectivity index is 2.07. The van der Waals surface area contributed by atoms with Gasteiger partial charge < -0.3 is 4.84 Å². The summed E-state index contributed by atoms with van der Waals surface area (Å²) in [6.45, 7) is 0. The van der Waals surface area contributed by atoms with Crippen molar-refractivity contribution in [3.63, 3.8) is 0 Å². The van der Waals surface area contributed by atoms with Crippen molar-refractivity contribution in [2.75, 3.05) is 7.11 Å². The zero-order chi connectivity index (χ0) is 12.3. The first-order valence-corrected chi connectivity index (χ1v) is 6.55. The van der Waals surface area contributed by atoms with E-state index < -0.39 is 0 Å². The summed E-state index contributed by atoms with van der Waals surface area (Å²) in [5.74, 6) is 0. The number of hydrogen-bond donors (Lipinski definition) is 0. The average molecular weight is 234 g/mol. The second kappa shape index (κ2) is 8.81. The van der Waals surface area contributed by atoms with Gasteiger partial charge in [0.15, 0.2) is 0 Å². The second-order valence-corrected chi connectivity index (χ2v) is 4.41. The number of nitrogens with zero attached hydrogens (tertiary/aromatic N) is 2. The Morgan fingerprint density at radius 2 is 2.06 bits per heavy atom. The highest BCUT2D eigenvalue weighted by Gasteiger charge is 2.13. The van der Waals surface area contributed by atoms with Crippen LogP contribution in [0.4, 0.5) is 0 Å². The van der Waals surface area contributed by atoms with Gasteiger partial charge in [-0.15, -0.1) is 0 Å². The van der Waals surface area contributed by atoms with E-state index in [1.807, 2.05) is 0 Å². The number of unbranched alkanes of at least 4 members (excludes halogenated alkanes) is 5. The Labute approximate surface area is 104 Å². The van der Waals surface area contributed by atoms with E-state index in [1.165, 1.54) is 31.3 Å². The van der Waals surface area contributed by atoms with Crippen molar-refractivity contribution in [1.82, 2.24) is 0 Å².